The Morgan fingerprint density at radius 3 is 2.41 bits per heavy atom. The summed E-state index contributed by atoms with van der Waals surface area (Å²) in [5, 5.41) is 18.7. The summed E-state index contributed by atoms with van der Waals surface area (Å²) in [6.07, 6.45) is -0.702. The van der Waals surface area contributed by atoms with Gasteiger partial charge in [-0.2, -0.15) is 5.26 Å². The molecule has 17 heavy (non-hydrogen) atoms. The smallest absolute Gasteiger partial charge is 0.123 e. The average Bonchev–Trinajstić information content (AvgIpc) is 2.29. The number of aliphatic hydroxyl groups is 1. The minimum atomic E-state index is -0.702. The minimum Gasteiger partial charge on any atom is -0.387 e. The molecule has 0 radical (unpaired) electrons. The van der Waals surface area contributed by atoms with Gasteiger partial charge >= 0.3 is 0 Å². The lowest BCUT2D eigenvalue weighted by atomic mass is 10.1. The fourth-order valence-electron chi connectivity index (χ4n) is 1.56. The molecule has 0 saturated carbocycles. The summed E-state index contributed by atoms with van der Waals surface area (Å²) in [6.45, 7) is 4.58. The first kappa shape index (κ1) is 13.6. The van der Waals surface area contributed by atoms with Gasteiger partial charge in [-0.15, -0.1) is 0 Å². The van der Waals surface area contributed by atoms with Gasteiger partial charge in [-0.05, 0) is 31.5 Å². The van der Waals surface area contributed by atoms with E-state index in [1.807, 2.05) is 18.7 Å². The zero-order valence-electron chi connectivity index (χ0n) is 10.1. The number of nitrogens with zero attached hydrogens (tertiary/aromatic N) is 2. The van der Waals surface area contributed by atoms with E-state index in [0.29, 0.717) is 12.1 Å². The van der Waals surface area contributed by atoms with Crippen LogP contribution in [0.3, 0.4) is 0 Å². The van der Waals surface area contributed by atoms with Crippen LogP contribution in [-0.4, -0.2) is 29.1 Å². The third-order valence-corrected chi connectivity index (χ3v) is 2.67. The molecule has 0 aliphatic rings. The van der Waals surface area contributed by atoms with Gasteiger partial charge in [0.05, 0.1) is 18.7 Å². The van der Waals surface area contributed by atoms with Gasteiger partial charge in [-0.1, -0.05) is 12.1 Å². The average molecular weight is 236 g/mol. The van der Waals surface area contributed by atoms with Crippen LogP contribution in [0.1, 0.15) is 25.5 Å². The summed E-state index contributed by atoms with van der Waals surface area (Å²) in [5.74, 6) is -0.321. The van der Waals surface area contributed by atoms with Crippen LogP contribution >= 0.6 is 0 Å². The first-order valence-corrected chi connectivity index (χ1v) is 5.59. The van der Waals surface area contributed by atoms with E-state index in [1.165, 1.54) is 12.1 Å². The molecule has 4 heteroatoms. The van der Waals surface area contributed by atoms with E-state index in [9.17, 15) is 9.50 Å². The summed E-state index contributed by atoms with van der Waals surface area (Å²) >= 11 is 0. The second-order valence-corrected chi connectivity index (χ2v) is 4.25. The van der Waals surface area contributed by atoms with E-state index < -0.39 is 6.10 Å². The van der Waals surface area contributed by atoms with Gasteiger partial charge in [0.1, 0.15) is 5.82 Å². The molecule has 1 unspecified atom stereocenters. The van der Waals surface area contributed by atoms with E-state index in [0.717, 1.165) is 0 Å². The van der Waals surface area contributed by atoms with Crippen LogP contribution in [0.2, 0.25) is 0 Å². The number of nitriles is 1. The monoisotopic (exact) mass is 236 g/mol. The summed E-state index contributed by atoms with van der Waals surface area (Å²) in [5.41, 5.74) is 0.662. The van der Waals surface area contributed by atoms with Crippen molar-refractivity contribution >= 4 is 0 Å². The predicted octanol–water partition coefficient (Wildman–Crippen LogP) is 2.09. The van der Waals surface area contributed by atoms with Crippen LogP contribution in [0.25, 0.3) is 0 Å². The lowest BCUT2D eigenvalue weighted by Crippen LogP contribution is -2.35. The quantitative estimate of drug-likeness (QED) is 0.796. The van der Waals surface area contributed by atoms with Gasteiger partial charge in [0.15, 0.2) is 0 Å². The van der Waals surface area contributed by atoms with Gasteiger partial charge in [-0.3, -0.25) is 4.90 Å². The van der Waals surface area contributed by atoms with E-state index in [1.54, 1.807) is 12.1 Å². The van der Waals surface area contributed by atoms with E-state index >= 15 is 0 Å². The highest BCUT2D eigenvalue weighted by Gasteiger charge is 2.15. The standard InChI is InChI=1S/C13H17FN2O/c1-10(2)16(8-7-15)9-13(17)11-3-5-12(14)6-4-11/h3-6,10,13,17H,8-9H2,1-2H3. The Morgan fingerprint density at radius 1 is 1.35 bits per heavy atom. The molecule has 0 heterocycles. The number of hydrogen-bond acceptors (Lipinski definition) is 3. The normalized spacial score (nSPS) is 12.8. The highest BCUT2D eigenvalue weighted by molar-refractivity contribution is 5.18. The SMILES string of the molecule is CC(C)N(CC#N)CC(O)c1ccc(F)cc1. The maximum absolute atomic E-state index is 12.7. The molecule has 1 aromatic rings. The van der Waals surface area contributed by atoms with Crippen molar-refractivity contribution in [2.24, 2.45) is 0 Å². The van der Waals surface area contributed by atoms with Crippen LogP contribution in [0.4, 0.5) is 4.39 Å². The Balaban J connectivity index is 2.67. The summed E-state index contributed by atoms with van der Waals surface area (Å²) < 4.78 is 12.7. The van der Waals surface area contributed by atoms with Crippen molar-refractivity contribution in [3.63, 3.8) is 0 Å². The Morgan fingerprint density at radius 2 is 1.94 bits per heavy atom. The fraction of sp³-hybridized carbons (Fsp3) is 0.462. The third kappa shape index (κ3) is 4.14. The third-order valence-electron chi connectivity index (χ3n) is 2.67. The van der Waals surface area contributed by atoms with Gasteiger partial charge in [0.25, 0.3) is 0 Å². The lowest BCUT2D eigenvalue weighted by molar-refractivity contribution is 0.104. The Kier molecular flexibility index (Phi) is 5.08. The maximum atomic E-state index is 12.7. The van der Waals surface area contributed by atoms with E-state index in [-0.39, 0.29) is 18.4 Å². The second-order valence-electron chi connectivity index (χ2n) is 4.25. The molecule has 1 aromatic carbocycles. The molecule has 0 bridgehead atoms. The molecule has 0 aromatic heterocycles. The molecule has 1 atom stereocenters. The Hall–Kier alpha value is -1.44. The number of aliphatic hydroxyl groups excluding tert-OH is 1. The highest BCUT2D eigenvalue weighted by Crippen LogP contribution is 2.15. The van der Waals surface area contributed by atoms with Crippen LogP contribution in [-0.2, 0) is 0 Å². The molecule has 0 spiro atoms. The van der Waals surface area contributed by atoms with Gasteiger partial charge in [0, 0.05) is 12.6 Å². The Bertz CT molecular complexity index is 383. The van der Waals surface area contributed by atoms with Gasteiger partial charge in [0.2, 0.25) is 0 Å². The number of hydrogen-bond donors (Lipinski definition) is 1. The van der Waals surface area contributed by atoms with Gasteiger partial charge in [-0.25, -0.2) is 4.39 Å². The molecule has 0 aliphatic heterocycles. The molecular formula is C13H17FN2O. The molecule has 0 saturated heterocycles. The van der Waals surface area contributed by atoms with E-state index in [2.05, 4.69) is 6.07 Å². The summed E-state index contributed by atoms with van der Waals surface area (Å²) in [7, 11) is 0. The van der Waals surface area contributed by atoms with Crippen LogP contribution in [0.5, 0.6) is 0 Å². The molecular weight excluding hydrogens is 219 g/mol. The number of rotatable bonds is 5. The molecule has 0 fully saturated rings. The number of benzene rings is 1. The topological polar surface area (TPSA) is 47.3 Å². The van der Waals surface area contributed by atoms with Crippen molar-refractivity contribution < 1.29 is 9.50 Å². The van der Waals surface area contributed by atoms with Crippen molar-refractivity contribution in [3.05, 3.63) is 35.6 Å². The zero-order valence-corrected chi connectivity index (χ0v) is 10.1. The summed E-state index contributed by atoms with van der Waals surface area (Å²) in [4.78, 5) is 1.87. The van der Waals surface area contributed by atoms with Crippen LogP contribution < -0.4 is 0 Å². The lowest BCUT2D eigenvalue weighted by Gasteiger charge is -2.26. The Labute approximate surface area is 101 Å². The first-order valence-electron chi connectivity index (χ1n) is 5.59. The molecule has 0 aliphatic carbocycles. The summed E-state index contributed by atoms with van der Waals surface area (Å²) in [6, 6.07) is 8.02. The van der Waals surface area contributed by atoms with Gasteiger partial charge < -0.3 is 5.11 Å². The number of halogens is 1. The largest absolute Gasteiger partial charge is 0.387 e. The molecule has 1 rings (SSSR count). The zero-order chi connectivity index (χ0) is 12.8. The van der Waals surface area contributed by atoms with Crippen molar-refractivity contribution in [2.45, 2.75) is 26.0 Å². The molecule has 92 valence electrons. The van der Waals surface area contributed by atoms with Crippen molar-refractivity contribution in [3.8, 4) is 6.07 Å². The molecule has 0 amide bonds. The first-order chi connectivity index (χ1) is 8.04. The molecule has 1 N–H and O–H groups in total. The van der Waals surface area contributed by atoms with Crippen molar-refractivity contribution in [2.75, 3.05) is 13.1 Å². The second kappa shape index (κ2) is 6.33. The highest BCUT2D eigenvalue weighted by atomic mass is 19.1. The van der Waals surface area contributed by atoms with Crippen LogP contribution in [0, 0.1) is 17.1 Å². The van der Waals surface area contributed by atoms with E-state index in [4.69, 9.17) is 5.26 Å². The maximum Gasteiger partial charge on any atom is 0.123 e. The van der Waals surface area contributed by atoms with Crippen molar-refractivity contribution in [1.29, 1.82) is 5.26 Å². The molecule has 3 nitrogen and oxygen atoms in total. The van der Waals surface area contributed by atoms with Crippen LogP contribution in [0.15, 0.2) is 24.3 Å². The minimum absolute atomic E-state index is 0.185. The van der Waals surface area contributed by atoms with Crippen molar-refractivity contribution in [1.82, 2.24) is 4.90 Å². The fourth-order valence-corrected chi connectivity index (χ4v) is 1.56. The predicted molar refractivity (Wildman–Crippen MR) is 63.7 cm³/mol.